The number of rotatable bonds is 2. The molecule has 0 atom stereocenters. The Morgan fingerprint density at radius 3 is 2.42 bits per heavy atom. The van der Waals surface area contributed by atoms with Gasteiger partial charge in [0.25, 0.3) is 0 Å². The average molecular weight is 269 g/mol. The van der Waals surface area contributed by atoms with Gasteiger partial charge < -0.3 is 0 Å². The van der Waals surface area contributed by atoms with Crippen LogP contribution < -0.4 is 0 Å². The van der Waals surface area contributed by atoms with Crippen molar-refractivity contribution in [3.63, 3.8) is 0 Å². The number of alkyl halides is 3. The van der Waals surface area contributed by atoms with Crippen LogP contribution in [-0.2, 0) is 16.5 Å². The molecule has 102 valence electrons. The average Bonchev–Trinajstić information content (AvgIpc) is 2.39. The minimum absolute atomic E-state index is 0.463. The molecule has 0 N–H and O–H groups in total. The van der Waals surface area contributed by atoms with E-state index in [1.807, 2.05) is 0 Å². The van der Waals surface area contributed by atoms with Crippen molar-refractivity contribution in [3.8, 4) is 0 Å². The molecule has 1 aliphatic carbocycles. The number of benzene rings is 1. The first kappa shape index (κ1) is 13.8. The summed E-state index contributed by atoms with van der Waals surface area (Å²) < 4.78 is 38.2. The van der Waals surface area contributed by atoms with Crippen molar-refractivity contribution in [2.75, 3.05) is 0 Å². The molecule has 2 rings (SSSR count). The molecule has 1 aromatic rings. The Balaban J connectivity index is 2.45. The summed E-state index contributed by atoms with van der Waals surface area (Å²) in [6, 6.07) is 5.12. The van der Waals surface area contributed by atoms with Crippen LogP contribution in [0.3, 0.4) is 0 Å². The highest BCUT2D eigenvalue weighted by Gasteiger charge is 2.36. The quantitative estimate of drug-likeness (QED) is 0.584. The maximum Gasteiger partial charge on any atom is 0.416 e. The van der Waals surface area contributed by atoms with Gasteiger partial charge in [0.05, 0.1) is 11.1 Å². The van der Waals surface area contributed by atoms with Gasteiger partial charge in [0, 0.05) is 0 Å². The number of nitrogens with zero attached hydrogens (tertiary/aromatic N) is 1. The third kappa shape index (κ3) is 2.87. The van der Waals surface area contributed by atoms with Gasteiger partial charge in [0.1, 0.15) is 0 Å². The Morgan fingerprint density at radius 1 is 1.16 bits per heavy atom. The van der Waals surface area contributed by atoms with E-state index in [1.165, 1.54) is 12.1 Å². The number of halogens is 3. The molecule has 0 unspecified atom stereocenters. The number of isocyanates is 1. The maximum atomic E-state index is 12.7. The molecule has 0 amide bonds. The van der Waals surface area contributed by atoms with Crippen LogP contribution in [0.1, 0.15) is 43.2 Å². The number of carbonyl (C=O) groups excluding carboxylic acids is 1. The van der Waals surface area contributed by atoms with Crippen LogP contribution in [0.4, 0.5) is 13.2 Å². The summed E-state index contributed by atoms with van der Waals surface area (Å²) in [5.41, 5.74) is -1.05. The standard InChI is InChI=1S/C14H14F3NO/c15-14(16,17)12-6-4-5-11(9-12)13(18-10-19)7-2-1-3-8-13/h4-6,9H,1-3,7-8H2. The lowest BCUT2D eigenvalue weighted by Gasteiger charge is -2.33. The summed E-state index contributed by atoms with van der Waals surface area (Å²) in [5, 5.41) is 0. The maximum absolute atomic E-state index is 12.7. The molecule has 0 radical (unpaired) electrons. The zero-order valence-electron chi connectivity index (χ0n) is 10.3. The van der Waals surface area contributed by atoms with Crippen molar-refractivity contribution >= 4 is 6.08 Å². The first-order valence-corrected chi connectivity index (χ1v) is 6.25. The van der Waals surface area contributed by atoms with E-state index in [0.29, 0.717) is 18.4 Å². The van der Waals surface area contributed by atoms with Crippen molar-refractivity contribution in [1.82, 2.24) is 0 Å². The van der Waals surface area contributed by atoms with Crippen LogP contribution in [0.2, 0.25) is 0 Å². The van der Waals surface area contributed by atoms with Crippen LogP contribution in [-0.4, -0.2) is 6.08 Å². The SMILES string of the molecule is O=C=NC1(c2cccc(C(F)(F)F)c2)CCCCC1. The van der Waals surface area contributed by atoms with Crippen LogP contribution in [0, 0.1) is 0 Å². The van der Waals surface area contributed by atoms with E-state index in [-0.39, 0.29) is 0 Å². The normalized spacial score (nSPS) is 18.7. The highest BCUT2D eigenvalue weighted by Crippen LogP contribution is 2.42. The van der Waals surface area contributed by atoms with Gasteiger partial charge in [-0.3, -0.25) is 0 Å². The Labute approximate surface area is 109 Å². The molecule has 1 aromatic carbocycles. The Kier molecular flexibility index (Phi) is 3.76. The molecule has 19 heavy (non-hydrogen) atoms. The lowest BCUT2D eigenvalue weighted by atomic mass is 9.77. The fourth-order valence-electron chi connectivity index (χ4n) is 2.67. The molecule has 5 heteroatoms. The summed E-state index contributed by atoms with van der Waals surface area (Å²) in [7, 11) is 0. The predicted octanol–water partition coefficient (Wildman–Crippen LogP) is 4.20. The monoisotopic (exact) mass is 269 g/mol. The van der Waals surface area contributed by atoms with Gasteiger partial charge in [-0.2, -0.15) is 18.2 Å². The number of hydrogen-bond donors (Lipinski definition) is 0. The molecule has 0 aliphatic heterocycles. The second kappa shape index (κ2) is 5.17. The summed E-state index contributed by atoms with van der Waals surface area (Å²) in [6.07, 6.45) is 1.10. The van der Waals surface area contributed by atoms with Crippen molar-refractivity contribution in [2.45, 2.75) is 43.8 Å². The second-order valence-corrected chi connectivity index (χ2v) is 4.87. The van der Waals surface area contributed by atoms with Gasteiger partial charge in [0.15, 0.2) is 0 Å². The minimum atomic E-state index is -4.38. The van der Waals surface area contributed by atoms with Crippen molar-refractivity contribution < 1.29 is 18.0 Å². The van der Waals surface area contributed by atoms with E-state index in [0.717, 1.165) is 31.4 Å². The van der Waals surface area contributed by atoms with Crippen LogP contribution >= 0.6 is 0 Å². The second-order valence-electron chi connectivity index (χ2n) is 4.87. The molecular weight excluding hydrogens is 255 g/mol. The highest BCUT2D eigenvalue weighted by atomic mass is 19.4. The highest BCUT2D eigenvalue weighted by molar-refractivity contribution is 5.40. The van der Waals surface area contributed by atoms with E-state index < -0.39 is 17.3 Å². The molecular formula is C14H14F3NO. The van der Waals surface area contributed by atoms with Gasteiger partial charge in [0.2, 0.25) is 6.08 Å². The molecule has 0 heterocycles. The first-order valence-electron chi connectivity index (χ1n) is 6.25. The van der Waals surface area contributed by atoms with E-state index >= 15 is 0 Å². The zero-order chi connectivity index (χ0) is 13.9. The molecule has 2 nitrogen and oxygen atoms in total. The van der Waals surface area contributed by atoms with Gasteiger partial charge in [-0.1, -0.05) is 31.4 Å². The smallest absolute Gasteiger partial charge is 0.211 e. The summed E-state index contributed by atoms with van der Waals surface area (Å²) in [5.74, 6) is 0. The summed E-state index contributed by atoms with van der Waals surface area (Å²) in [4.78, 5) is 14.5. The Morgan fingerprint density at radius 2 is 1.84 bits per heavy atom. The van der Waals surface area contributed by atoms with Crippen molar-refractivity contribution in [3.05, 3.63) is 35.4 Å². The minimum Gasteiger partial charge on any atom is -0.211 e. The molecule has 0 bridgehead atoms. The predicted molar refractivity (Wildman–Crippen MR) is 64.3 cm³/mol. The molecule has 1 saturated carbocycles. The van der Waals surface area contributed by atoms with E-state index in [2.05, 4.69) is 4.99 Å². The van der Waals surface area contributed by atoms with Gasteiger partial charge in [-0.15, -0.1) is 0 Å². The third-order valence-corrected chi connectivity index (χ3v) is 3.67. The number of hydrogen-bond acceptors (Lipinski definition) is 2. The first-order chi connectivity index (χ1) is 8.98. The van der Waals surface area contributed by atoms with Gasteiger partial charge in [-0.25, -0.2) is 4.79 Å². The fourth-order valence-corrected chi connectivity index (χ4v) is 2.67. The zero-order valence-corrected chi connectivity index (χ0v) is 10.3. The lowest BCUT2D eigenvalue weighted by Crippen LogP contribution is -2.27. The molecule has 1 fully saturated rings. The molecule has 0 aromatic heterocycles. The lowest BCUT2D eigenvalue weighted by molar-refractivity contribution is -0.137. The molecule has 0 spiro atoms. The van der Waals surface area contributed by atoms with Gasteiger partial charge in [-0.05, 0) is 30.5 Å². The number of aliphatic imine (C=N–C) groups is 1. The van der Waals surface area contributed by atoms with Gasteiger partial charge >= 0.3 is 6.18 Å². The van der Waals surface area contributed by atoms with E-state index in [1.54, 1.807) is 6.07 Å². The fraction of sp³-hybridized carbons (Fsp3) is 0.500. The van der Waals surface area contributed by atoms with Crippen LogP contribution in [0.25, 0.3) is 0 Å². The van der Waals surface area contributed by atoms with Crippen molar-refractivity contribution in [2.24, 2.45) is 4.99 Å². The Bertz CT molecular complexity index is 498. The summed E-state index contributed by atoms with van der Waals surface area (Å²) in [6.45, 7) is 0. The third-order valence-electron chi connectivity index (χ3n) is 3.67. The van der Waals surface area contributed by atoms with Crippen LogP contribution in [0.5, 0.6) is 0 Å². The Hall–Kier alpha value is -1.61. The molecule has 1 aliphatic rings. The van der Waals surface area contributed by atoms with Crippen LogP contribution in [0.15, 0.2) is 29.3 Å². The van der Waals surface area contributed by atoms with E-state index in [4.69, 9.17) is 0 Å². The summed E-state index contributed by atoms with van der Waals surface area (Å²) >= 11 is 0. The topological polar surface area (TPSA) is 29.4 Å². The largest absolute Gasteiger partial charge is 0.416 e. The van der Waals surface area contributed by atoms with E-state index in [9.17, 15) is 18.0 Å². The van der Waals surface area contributed by atoms with Crippen molar-refractivity contribution in [1.29, 1.82) is 0 Å². The molecule has 0 saturated heterocycles.